The molecule has 1 saturated heterocycles. The first-order chi connectivity index (χ1) is 8.87. The predicted octanol–water partition coefficient (Wildman–Crippen LogP) is 1.90. The Balaban J connectivity index is 2.00. The zero-order valence-corrected chi connectivity index (χ0v) is 12.4. The Morgan fingerprint density at radius 3 is 2.53 bits per heavy atom. The zero-order chi connectivity index (χ0) is 14.0. The lowest BCUT2D eigenvalue weighted by atomic mass is 10.1. The number of carbonyl (C=O) groups excluding carboxylic acids is 1. The number of halogens is 2. The van der Waals surface area contributed by atoms with Gasteiger partial charge in [-0.25, -0.2) is 12.8 Å². The van der Waals surface area contributed by atoms with Crippen LogP contribution < -0.4 is 5.32 Å². The third kappa shape index (κ3) is 3.76. The number of hydrogen-bond acceptors (Lipinski definition) is 3. The quantitative estimate of drug-likeness (QED) is 0.886. The van der Waals surface area contributed by atoms with E-state index in [4.69, 9.17) is 0 Å². The molecule has 0 spiro atoms. The van der Waals surface area contributed by atoms with Gasteiger partial charge in [0, 0.05) is 11.6 Å². The summed E-state index contributed by atoms with van der Waals surface area (Å²) in [6, 6.07) is 3.97. The van der Waals surface area contributed by atoms with E-state index in [1.54, 1.807) is 0 Å². The van der Waals surface area contributed by atoms with E-state index in [0.29, 0.717) is 17.3 Å². The molecule has 2 rings (SSSR count). The molecule has 1 aromatic rings. The van der Waals surface area contributed by atoms with E-state index in [0.717, 1.165) is 6.07 Å². The van der Waals surface area contributed by atoms with Gasteiger partial charge in [-0.2, -0.15) is 0 Å². The van der Waals surface area contributed by atoms with Crippen molar-refractivity contribution in [1.82, 2.24) is 5.32 Å². The fourth-order valence-corrected chi connectivity index (χ4v) is 3.68. The van der Waals surface area contributed by atoms with Crippen LogP contribution in [0.3, 0.4) is 0 Å². The van der Waals surface area contributed by atoms with Gasteiger partial charge in [-0.15, -0.1) is 0 Å². The lowest BCUT2D eigenvalue weighted by Crippen LogP contribution is -2.40. The van der Waals surface area contributed by atoms with Crippen LogP contribution in [-0.2, 0) is 9.84 Å². The third-order valence-electron chi connectivity index (χ3n) is 3.07. The average molecular weight is 350 g/mol. The number of nitrogens with one attached hydrogen (secondary N) is 1. The average Bonchev–Trinajstić information content (AvgIpc) is 2.35. The molecule has 0 atom stereocenters. The minimum Gasteiger partial charge on any atom is -0.349 e. The van der Waals surface area contributed by atoms with Crippen molar-refractivity contribution in [2.45, 2.75) is 18.9 Å². The molecule has 0 unspecified atom stereocenters. The van der Waals surface area contributed by atoms with E-state index >= 15 is 0 Å². The Morgan fingerprint density at radius 2 is 1.95 bits per heavy atom. The summed E-state index contributed by atoms with van der Waals surface area (Å²) in [5, 5.41) is 2.73. The maximum Gasteiger partial charge on any atom is 0.251 e. The van der Waals surface area contributed by atoms with Crippen LogP contribution in [0.2, 0.25) is 0 Å². The fraction of sp³-hybridized carbons (Fsp3) is 0.417. The van der Waals surface area contributed by atoms with Crippen LogP contribution in [0.4, 0.5) is 4.39 Å². The molecule has 0 radical (unpaired) electrons. The number of hydrogen-bond donors (Lipinski definition) is 1. The molecule has 1 aromatic carbocycles. The number of carbonyl (C=O) groups is 1. The van der Waals surface area contributed by atoms with Crippen molar-refractivity contribution in [1.29, 1.82) is 0 Å². The van der Waals surface area contributed by atoms with Crippen molar-refractivity contribution in [2.75, 3.05) is 11.5 Å². The van der Waals surface area contributed by atoms with Crippen LogP contribution in [-0.4, -0.2) is 31.9 Å². The fourth-order valence-electron chi connectivity index (χ4n) is 1.94. The third-order valence-corrected chi connectivity index (χ3v) is 5.43. The molecule has 0 aromatic heterocycles. The minimum absolute atomic E-state index is 0.0899. The van der Waals surface area contributed by atoms with Gasteiger partial charge in [-0.1, -0.05) is 0 Å². The Kier molecular flexibility index (Phi) is 4.25. The Hall–Kier alpha value is -0.950. The maximum atomic E-state index is 13.3. The van der Waals surface area contributed by atoms with Crippen LogP contribution in [0.5, 0.6) is 0 Å². The number of rotatable bonds is 2. The molecule has 19 heavy (non-hydrogen) atoms. The zero-order valence-electron chi connectivity index (χ0n) is 10.0. The van der Waals surface area contributed by atoms with Crippen molar-refractivity contribution in [2.24, 2.45) is 0 Å². The lowest BCUT2D eigenvalue weighted by molar-refractivity contribution is 0.0934. The van der Waals surface area contributed by atoms with Gasteiger partial charge in [0.15, 0.2) is 0 Å². The van der Waals surface area contributed by atoms with Gasteiger partial charge in [0.25, 0.3) is 5.91 Å². The van der Waals surface area contributed by atoms with Crippen molar-refractivity contribution in [3.63, 3.8) is 0 Å². The summed E-state index contributed by atoms with van der Waals surface area (Å²) in [6.45, 7) is 0. The van der Waals surface area contributed by atoms with Gasteiger partial charge in [0.2, 0.25) is 0 Å². The van der Waals surface area contributed by atoms with Crippen molar-refractivity contribution < 1.29 is 17.6 Å². The second-order valence-corrected chi connectivity index (χ2v) is 7.69. The molecular formula is C12H13BrFNO3S. The summed E-state index contributed by atoms with van der Waals surface area (Å²) in [5.41, 5.74) is 0.231. The summed E-state index contributed by atoms with van der Waals surface area (Å²) in [4.78, 5) is 11.9. The molecule has 104 valence electrons. The predicted molar refractivity (Wildman–Crippen MR) is 73.2 cm³/mol. The van der Waals surface area contributed by atoms with Crippen LogP contribution in [0.15, 0.2) is 22.7 Å². The minimum atomic E-state index is -2.95. The number of sulfone groups is 1. The van der Waals surface area contributed by atoms with Crippen LogP contribution in [0, 0.1) is 5.82 Å². The SMILES string of the molecule is O=C(NC1CCS(=O)(=O)CC1)c1ccc(Br)c(F)c1. The number of benzene rings is 1. The van der Waals surface area contributed by atoms with Crippen LogP contribution in [0.25, 0.3) is 0 Å². The molecule has 1 amide bonds. The molecule has 0 bridgehead atoms. The second-order valence-electron chi connectivity index (χ2n) is 4.53. The normalized spacial score (nSPS) is 19.1. The largest absolute Gasteiger partial charge is 0.349 e. The number of amides is 1. The molecule has 1 aliphatic heterocycles. The van der Waals surface area contributed by atoms with Gasteiger partial charge in [0.1, 0.15) is 15.7 Å². The van der Waals surface area contributed by atoms with Crippen LogP contribution in [0.1, 0.15) is 23.2 Å². The molecule has 0 aliphatic carbocycles. The summed E-state index contributed by atoms with van der Waals surface area (Å²) >= 11 is 3.02. The van der Waals surface area contributed by atoms with E-state index in [-0.39, 0.29) is 29.0 Å². The standard InChI is InChI=1S/C12H13BrFNO3S/c13-10-2-1-8(7-11(10)14)12(16)15-9-3-5-19(17,18)6-4-9/h1-2,7,9H,3-6H2,(H,15,16). The van der Waals surface area contributed by atoms with Gasteiger partial charge >= 0.3 is 0 Å². The maximum absolute atomic E-state index is 13.3. The molecule has 1 aliphatic rings. The Labute approximate surface area is 119 Å². The molecule has 1 N–H and O–H groups in total. The van der Waals surface area contributed by atoms with E-state index < -0.39 is 15.7 Å². The monoisotopic (exact) mass is 349 g/mol. The van der Waals surface area contributed by atoms with E-state index in [1.165, 1.54) is 12.1 Å². The summed E-state index contributed by atoms with van der Waals surface area (Å²) < 4.78 is 36.1. The summed E-state index contributed by atoms with van der Waals surface area (Å²) in [6.07, 6.45) is 0.820. The topological polar surface area (TPSA) is 63.2 Å². The first kappa shape index (κ1) is 14.5. The highest BCUT2D eigenvalue weighted by Crippen LogP contribution is 2.17. The first-order valence-electron chi connectivity index (χ1n) is 5.84. The highest BCUT2D eigenvalue weighted by molar-refractivity contribution is 9.10. The van der Waals surface area contributed by atoms with Crippen molar-refractivity contribution in [3.05, 3.63) is 34.1 Å². The van der Waals surface area contributed by atoms with Crippen LogP contribution >= 0.6 is 15.9 Å². The van der Waals surface area contributed by atoms with Gasteiger partial charge in [-0.3, -0.25) is 4.79 Å². The van der Waals surface area contributed by atoms with Gasteiger partial charge < -0.3 is 5.32 Å². The smallest absolute Gasteiger partial charge is 0.251 e. The Bertz CT molecular complexity index is 589. The van der Waals surface area contributed by atoms with E-state index in [2.05, 4.69) is 21.2 Å². The second kappa shape index (κ2) is 5.58. The highest BCUT2D eigenvalue weighted by Gasteiger charge is 2.25. The first-order valence-corrected chi connectivity index (χ1v) is 8.45. The lowest BCUT2D eigenvalue weighted by Gasteiger charge is -2.23. The molecule has 1 heterocycles. The molecule has 1 fully saturated rings. The summed E-state index contributed by atoms with van der Waals surface area (Å²) in [7, 11) is -2.95. The van der Waals surface area contributed by atoms with E-state index in [9.17, 15) is 17.6 Å². The Morgan fingerprint density at radius 1 is 1.32 bits per heavy atom. The van der Waals surface area contributed by atoms with Crippen molar-refractivity contribution >= 4 is 31.7 Å². The molecule has 0 saturated carbocycles. The highest BCUT2D eigenvalue weighted by atomic mass is 79.9. The van der Waals surface area contributed by atoms with Gasteiger partial charge in [0.05, 0.1) is 16.0 Å². The van der Waals surface area contributed by atoms with Crippen molar-refractivity contribution in [3.8, 4) is 0 Å². The van der Waals surface area contributed by atoms with E-state index in [1.807, 2.05) is 0 Å². The van der Waals surface area contributed by atoms with Gasteiger partial charge in [-0.05, 0) is 47.0 Å². The molecular weight excluding hydrogens is 337 g/mol. The molecule has 7 heteroatoms. The summed E-state index contributed by atoms with van der Waals surface area (Å²) in [5.74, 6) is -0.700. The molecule has 4 nitrogen and oxygen atoms in total.